The van der Waals surface area contributed by atoms with Crippen molar-refractivity contribution >= 4 is 45.1 Å². The van der Waals surface area contributed by atoms with Gasteiger partial charge in [0.25, 0.3) is 23.3 Å². The second kappa shape index (κ2) is 16.3. The molecule has 0 aliphatic carbocycles. The minimum atomic E-state index is -3.49. The van der Waals surface area contributed by atoms with Crippen LogP contribution in [-0.4, -0.2) is 115 Å². The van der Waals surface area contributed by atoms with Crippen LogP contribution >= 0.6 is 11.3 Å². The Kier molecular flexibility index (Phi) is 11.3. The van der Waals surface area contributed by atoms with Gasteiger partial charge < -0.3 is 34.5 Å². The number of ether oxygens (including phenoxy) is 2. The van der Waals surface area contributed by atoms with Crippen LogP contribution in [0.4, 0.5) is 8.78 Å². The number of thiophene rings is 1. The maximum absolute atomic E-state index is 17.3. The van der Waals surface area contributed by atoms with Crippen molar-refractivity contribution in [2.24, 2.45) is 7.05 Å². The first-order valence-corrected chi connectivity index (χ1v) is 21.0. The number of carbonyl (C=O) groups is 4. The van der Waals surface area contributed by atoms with Crippen LogP contribution in [0, 0.1) is 0 Å². The molecule has 4 aliphatic rings. The second-order valence-corrected chi connectivity index (χ2v) is 17.4. The molecule has 0 saturated carbocycles. The number of halogens is 2. The lowest BCUT2D eigenvalue weighted by molar-refractivity contribution is -0.147. The van der Waals surface area contributed by atoms with Crippen LogP contribution in [0.5, 0.6) is 11.5 Å². The number of carbonyl (C=O) groups excluding carboxylic acids is 4. The highest BCUT2D eigenvalue weighted by atomic mass is 32.1. The summed E-state index contributed by atoms with van der Waals surface area (Å²) in [5.41, 5.74) is 2.94. The van der Waals surface area contributed by atoms with Crippen molar-refractivity contribution in [1.82, 2.24) is 35.2 Å². The van der Waals surface area contributed by atoms with Gasteiger partial charge in [-0.2, -0.15) is 0 Å². The van der Waals surface area contributed by atoms with Gasteiger partial charge in [0.15, 0.2) is 0 Å². The molecule has 6 heterocycles. The summed E-state index contributed by atoms with van der Waals surface area (Å²) in [4.78, 5) is 71.2. The number of benzene rings is 2. The van der Waals surface area contributed by atoms with E-state index in [0.717, 1.165) is 16.9 Å². The van der Waals surface area contributed by atoms with E-state index < -0.39 is 47.7 Å². The molecule has 4 aromatic rings. The predicted octanol–water partition coefficient (Wildman–Crippen LogP) is 4.04. The number of hydrogen-bond acceptors (Lipinski definition) is 11. The van der Waals surface area contributed by atoms with E-state index in [4.69, 9.17) is 9.47 Å². The molecule has 0 spiro atoms. The van der Waals surface area contributed by atoms with E-state index >= 15 is 8.78 Å². The molecule has 4 aliphatic heterocycles. The van der Waals surface area contributed by atoms with E-state index in [0.29, 0.717) is 65.4 Å². The molecule has 3 saturated heterocycles. The van der Waals surface area contributed by atoms with Crippen LogP contribution in [0.25, 0.3) is 21.2 Å². The van der Waals surface area contributed by atoms with Crippen molar-refractivity contribution in [1.29, 1.82) is 0 Å². The second-order valence-electron chi connectivity index (χ2n) is 16.3. The van der Waals surface area contributed by atoms with Gasteiger partial charge in [0, 0.05) is 61.2 Å². The fourth-order valence-corrected chi connectivity index (χ4v) is 10.4. The molecular formula is C43H49F2N7O7S. The van der Waals surface area contributed by atoms with Crippen LogP contribution in [0.15, 0.2) is 47.4 Å². The Morgan fingerprint density at radius 3 is 2.37 bits per heavy atom. The first-order valence-electron chi connectivity index (χ1n) is 20.2. The summed E-state index contributed by atoms with van der Waals surface area (Å²) in [5.74, 6) is -4.43. The number of piperidine rings is 3. The predicted molar refractivity (Wildman–Crippen MR) is 222 cm³/mol. The SMILES string of the molecule is COc1cc(-c2cn(C)c(=O)c3cc(C(=O)N[C@@H]4CCN(C5CCNCC5)[C@H](c5ccc6c(c5)C(=O)N(C5CCC(=O)NC5=O)C6)C4(F)F)sc23)cc(OC)c1CN(C)C. The number of imide groups is 1. The zero-order valence-electron chi connectivity index (χ0n) is 34.2. The average molecular weight is 846 g/mol. The molecule has 2 aromatic carbocycles. The lowest BCUT2D eigenvalue weighted by Crippen LogP contribution is -2.62. The topological polar surface area (TPSA) is 155 Å². The van der Waals surface area contributed by atoms with Gasteiger partial charge in [-0.3, -0.25) is 34.2 Å². The minimum Gasteiger partial charge on any atom is -0.496 e. The number of aryl methyl sites for hydroxylation is 1. The number of hydrogen-bond donors (Lipinski definition) is 3. The number of fused-ring (bicyclic) bond motifs is 2. The third kappa shape index (κ3) is 7.45. The number of nitrogens with zero attached hydrogens (tertiary/aromatic N) is 4. The highest BCUT2D eigenvalue weighted by Crippen LogP contribution is 2.47. The maximum atomic E-state index is 17.3. The van der Waals surface area contributed by atoms with E-state index in [1.165, 1.54) is 21.6 Å². The van der Waals surface area contributed by atoms with Crippen molar-refractivity contribution in [3.05, 3.63) is 80.1 Å². The summed E-state index contributed by atoms with van der Waals surface area (Å²) in [6.45, 7) is 2.30. The standard InChI is InChI=1S/C43H49F2N7O7S/c1-49(2)21-30-32(58-4)17-25(18-33(30)59-5)29-22-50(3)41(56)28-19-34(60-37(28)29)40(55)47-35-12-15-51(26-10-13-46-14-11-26)38(43(35,44)45)23-6-7-24-20-52(42(57)27(24)16-23)31-8-9-36(53)48-39(31)54/h6-7,16-19,22,26,31,35,38,46H,8-15,20-21H2,1-5H3,(H,47,55)(H,48,53,54)/t31?,35-,38-/m1/s1. The molecule has 8 rings (SSSR count). The van der Waals surface area contributed by atoms with E-state index in [1.807, 2.05) is 36.0 Å². The summed E-state index contributed by atoms with van der Waals surface area (Å²) < 4.78 is 48.1. The van der Waals surface area contributed by atoms with Crippen LogP contribution in [0.2, 0.25) is 0 Å². The van der Waals surface area contributed by atoms with Gasteiger partial charge in [-0.25, -0.2) is 8.78 Å². The molecule has 4 amide bonds. The fraction of sp³-hybridized carbons (Fsp3) is 0.465. The Morgan fingerprint density at radius 2 is 1.70 bits per heavy atom. The molecule has 60 heavy (non-hydrogen) atoms. The molecule has 3 atom stereocenters. The maximum Gasteiger partial charge on any atom is 0.287 e. The zero-order chi connectivity index (χ0) is 42.6. The van der Waals surface area contributed by atoms with Crippen molar-refractivity contribution < 1.29 is 37.4 Å². The van der Waals surface area contributed by atoms with Crippen molar-refractivity contribution in [3.63, 3.8) is 0 Å². The third-order valence-electron chi connectivity index (χ3n) is 12.3. The van der Waals surface area contributed by atoms with Crippen LogP contribution in [0.3, 0.4) is 0 Å². The van der Waals surface area contributed by atoms with E-state index in [9.17, 15) is 24.0 Å². The van der Waals surface area contributed by atoms with Gasteiger partial charge in [0.2, 0.25) is 11.8 Å². The normalized spacial score (nSPS) is 22.3. The van der Waals surface area contributed by atoms with Crippen molar-refractivity contribution in [2.75, 3.05) is 47.9 Å². The fourth-order valence-electron chi connectivity index (χ4n) is 9.28. The number of amides is 4. The molecule has 3 fully saturated rings. The van der Waals surface area contributed by atoms with E-state index in [-0.39, 0.29) is 65.3 Å². The number of methoxy groups -OCH3 is 2. The molecule has 318 valence electrons. The molecule has 14 nitrogen and oxygen atoms in total. The Balaban J connectivity index is 1.11. The van der Waals surface area contributed by atoms with Gasteiger partial charge in [0.05, 0.1) is 36.1 Å². The number of aromatic nitrogens is 1. The monoisotopic (exact) mass is 845 g/mol. The van der Waals surface area contributed by atoms with E-state index in [2.05, 4.69) is 16.0 Å². The molecule has 0 radical (unpaired) electrons. The summed E-state index contributed by atoms with van der Waals surface area (Å²) in [6.07, 6.45) is 3.26. The molecule has 0 bridgehead atoms. The Morgan fingerprint density at radius 1 is 0.983 bits per heavy atom. The Labute approximate surface area is 349 Å². The number of rotatable bonds is 10. The van der Waals surface area contributed by atoms with Gasteiger partial charge in [-0.1, -0.05) is 12.1 Å². The number of alkyl halides is 2. The number of likely N-dealkylation sites (tertiary alicyclic amines) is 1. The number of nitrogens with one attached hydrogen (secondary N) is 3. The van der Waals surface area contributed by atoms with E-state index in [1.54, 1.807) is 39.6 Å². The van der Waals surface area contributed by atoms with Crippen molar-refractivity contribution in [3.8, 4) is 22.6 Å². The number of pyridine rings is 1. The first-order chi connectivity index (χ1) is 28.7. The third-order valence-corrected chi connectivity index (χ3v) is 13.4. The molecule has 17 heteroatoms. The summed E-state index contributed by atoms with van der Waals surface area (Å²) in [5, 5.41) is 8.55. The lowest BCUT2D eigenvalue weighted by Gasteiger charge is -2.49. The van der Waals surface area contributed by atoms with Crippen molar-refractivity contribution in [2.45, 2.75) is 75.3 Å². The zero-order valence-corrected chi connectivity index (χ0v) is 35.0. The van der Waals surface area contributed by atoms with Crippen LogP contribution < -0.4 is 31.0 Å². The first kappa shape index (κ1) is 41.5. The van der Waals surface area contributed by atoms with Gasteiger partial charge in [-0.15, -0.1) is 11.3 Å². The highest BCUT2D eigenvalue weighted by Gasteiger charge is 2.56. The quantitative estimate of drug-likeness (QED) is 0.200. The molecule has 3 N–H and O–H groups in total. The largest absolute Gasteiger partial charge is 0.496 e. The summed E-state index contributed by atoms with van der Waals surface area (Å²) in [6, 6.07) is 5.96. The summed E-state index contributed by atoms with van der Waals surface area (Å²) >= 11 is 1.06. The van der Waals surface area contributed by atoms with Gasteiger partial charge >= 0.3 is 0 Å². The Bertz CT molecular complexity index is 2420. The summed E-state index contributed by atoms with van der Waals surface area (Å²) in [7, 11) is 8.63. The molecular weight excluding hydrogens is 797 g/mol. The van der Waals surface area contributed by atoms with Crippen LogP contribution in [-0.2, 0) is 29.7 Å². The highest BCUT2D eigenvalue weighted by molar-refractivity contribution is 7.21. The molecule has 1 unspecified atom stereocenters. The smallest absolute Gasteiger partial charge is 0.287 e. The van der Waals surface area contributed by atoms with Gasteiger partial charge in [-0.05, 0) is 93.8 Å². The average Bonchev–Trinajstić information content (AvgIpc) is 3.82. The minimum absolute atomic E-state index is 0.0247. The Hall–Kier alpha value is -5.23. The molecule has 2 aromatic heterocycles. The van der Waals surface area contributed by atoms with Gasteiger partial charge in [0.1, 0.15) is 23.6 Å². The van der Waals surface area contributed by atoms with Crippen LogP contribution in [0.1, 0.15) is 74.9 Å². The lowest BCUT2D eigenvalue weighted by atomic mass is 9.84.